The molecule has 21 heavy (non-hydrogen) atoms. The monoisotopic (exact) mass is 310 g/mol. The van der Waals surface area contributed by atoms with Gasteiger partial charge in [-0.15, -0.1) is 0 Å². The van der Waals surface area contributed by atoms with Gasteiger partial charge in [-0.25, -0.2) is 8.42 Å². The minimum atomic E-state index is -3.29. The third kappa shape index (κ3) is 4.82. The summed E-state index contributed by atoms with van der Waals surface area (Å²) in [5.41, 5.74) is 0.384. The van der Waals surface area contributed by atoms with Crippen molar-refractivity contribution in [1.82, 2.24) is 10.6 Å². The highest BCUT2D eigenvalue weighted by Crippen LogP contribution is 2.12. The summed E-state index contributed by atoms with van der Waals surface area (Å²) >= 11 is 0. The lowest BCUT2D eigenvalue weighted by atomic mass is 10.0. The van der Waals surface area contributed by atoms with Crippen molar-refractivity contribution in [3.05, 3.63) is 29.8 Å². The summed E-state index contributed by atoms with van der Waals surface area (Å²) in [5.74, 6) is -0.226. The van der Waals surface area contributed by atoms with Crippen LogP contribution in [0.2, 0.25) is 0 Å². The maximum absolute atomic E-state index is 12.0. The van der Waals surface area contributed by atoms with Crippen molar-refractivity contribution in [2.24, 2.45) is 0 Å². The lowest BCUT2D eigenvalue weighted by molar-refractivity contribution is 0.0951. The second-order valence-corrected chi connectivity index (χ2v) is 7.51. The number of piperidine rings is 1. The van der Waals surface area contributed by atoms with Gasteiger partial charge in [-0.2, -0.15) is 0 Å². The molecular weight excluding hydrogens is 288 g/mol. The second kappa shape index (κ2) is 7.04. The molecule has 0 aliphatic carbocycles. The minimum absolute atomic E-state index is 0.170. The molecule has 1 heterocycles. The van der Waals surface area contributed by atoms with E-state index in [9.17, 15) is 13.2 Å². The Hall–Kier alpha value is -1.40. The van der Waals surface area contributed by atoms with Crippen LogP contribution < -0.4 is 10.6 Å². The lowest BCUT2D eigenvalue weighted by Gasteiger charge is -2.23. The number of rotatable bonds is 5. The van der Waals surface area contributed by atoms with Crippen molar-refractivity contribution in [3.63, 3.8) is 0 Å². The van der Waals surface area contributed by atoms with Crippen molar-refractivity contribution < 1.29 is 13.2 Å². The van der Waals surface area contributed by atoms with Crippen LogP contribution in [0.5, 0.6) is 0 Å². The topological polar surface area (TPSA) is 75.3 Å². The van der Waals surface area contributed by atoms with Gasteiger partial charge in [0.2, 0.25) is 0 Å². The quantitative estimate of drug-likeness (QED) is 0.861. The van der Waals surface area contributed by atoms with Gasteiger partial charge in [-0.1, -0.05) is 12.5 Å². The average Bonchev–Trinajstić information content (AvgIpc) is 2.47. The van der Waals surface area contributed by atoms with E-state index in [1.165, 1.54) is 25.0 Å². The van der Waals surface area contributed by atoms with Crippen LogP contribution in [0.3, 0.4) is 0 Å². The number of carbonyl (C=O) groups excluding carboxylic acids is 1. The SMILES string of the molecule is CS(=O)(=O)c1cccc(C(=O)NCCC2CCCCN2)c1. The highest BCUT2D eigenvalue weighted by molar-refractivity contribution is 7.90. The van der Waals surface area contributed by atoms with E-state index in [4.69, 9.17) is 0 Å². The minimum Gasteiger partial charge on any atom is -0.352 e. The lowest BCUT2D eigenvalue weighted by Crippen LogP contribution is -2.37. The van der Waals surface area contributed by atoms with Crippen LogP contribution in [0.25, 0.3) is 0 Å². The van der Waals surface area contributed by atoms with Gasteiger partial charge in [0.25, 0.3) is 5.91 Å². The fourth-order valence-electron chi connectivity index (χ4n) is 2.50. The molecule has 0 aromatic heterocycles. The van der Waals surface area contributed by atoms with E-state index >= 15 is 0 Å². The Kier molecular flexibility index (Phi) is 5.36. The third-order valence-corrected chi connectivity index (χ3v) is 4.83. The maximum atomic E-state index is 12.0. The number of hydrogen-bond acceptors (Lipinski definition) is 4. The van der Waals surface area contributed by atoms with Crippen LogP contribution in [-0.4, -0.2) is 39.7 Å². The number of benzene rings is 1. The molecule has 1 amide bonds. The van der Waals surface area contributed by atoms with Crippen LogP contribution in [-0.2, 0) is 9.84 Å². The highest BCUT2D eigenvalue weighted by atomic mass is 32.2. The molecule has 1 atom stereocenters. The Balaban J connectivity index is 1.88. The fraction of sp³-hybridized carbons (Fsp3) is 0.533. The molecule has 1 saturated heterocycles. The predicted octanol–water partition coefficient (Wildman–Crippen LogP) is 1.35. The van der Waals surface area contributed by atoms with Gasteiger partial charge in [-0.05, 0) is 44.0 Å². The number of amides is 1. The molecule has 0 spiro atoms. The van der Waals surface area contributed by atoms with E-state index in [2.05, 4.69) is 10.6 Å². The van der Waals surface area contributed by atoms with Crippen LogP contribution in [0.1, 0.15) is 36.0 Å². The predicted molar refractivity (Wildman–Crippen MR) is 82.1 cm³/mol. The molecule has 1 aromatic rings. The number of nitrogens with one attached hydrogen (secondary N) is 2. The van der Waals surface area contributed by atoms with Crippen molar-refractivity contribution >= 4 is 15.7 Å². The molecule has 116 valence electrons. The zero-order valence-corrected chi connectivity index (χ0v) is 13.1. The molecule has 2 N–H and O–H groups in total. The van der Waals surface area contributed by atoms with E-state index in [1.54, 1.807) is 12.1 Å². The first kappa shape index (κ1) is 16.0. The molecule has 0 radical (unpaired) electrons. The molecule has 0 bridgehead atoms. The van der Waals surface area contributed by atoms with Crippen LogP contribution in [0, 0.1) is 0 Å². The molecule has 6 heteroatoms. The zero-order chi connectivity index (χ0) is 15.3. The molecule has 5 nitrogen and oxygen atoms in total. The summed E-state index contributed by atoms with van der Waals surface area (Å²) in [5, 5.41) is 6.28. The summed E-state index contributed by atoms with van der Waals surface area (Å²) in [6.45, 7) is 1.65. The second-order valence-electron chi connectivity index (χ2n) is 5.49. The Labute approximate surface area is 126 Å². The van der Waals surface area contributed by atoms with E-state index in [-0.39, 0.29) is 10.8 Å². The fourth-order valence-corrected chi connectivity index (χ4v) is 3.17. The summed E-state index contributed by atoms with van der Waals surface area (Å²) < 4.78 is 23.0. The largest absolute Gasteiger partial charge is 0.352 e. The van der Waals surface area contributed by atoms with Gasteiger partial charge >= 0.3 is 0 Å². The zero-order valence-electron chi connectivity index (χ0n) is 12.3. The van der Waals surface area contributed by atoms with Gasteiger partial charge < -0.3 is 10.6 Å². The third-order valence-electron chi connectivity index (χ3n) is 3.72. The van der Waals surface area contributed by atoms with Crippen molar-refractivity contribution in [3.8, 4) is 0 Å². The Bertz CT molecular complexity index is 593. The molecule has 1 unspecified atom stereocenters. The first-order valence-electron chi connectivity index (χ1n) is 7.28. The van der Waals surface area contributed by atoms with Gasteiger partial charge in [0.15, 0.2) is 9.84 Å². The summed E-state index contributed by atoms with van der Waals surface area (Å²) in [4.78, 5) is 12.2. The highest BCUT2D eigenvalue weighted by Gasteiger charge is 2.14. The Morgan fingerprint density at radius 3 is 2.86 bits per heavy atom. The molecule has 1 fully saturated rings. The van der Waals surface area contributed by atoms with Gasteiger partial charge in [0.1, 0.15) is 0 Å². The van der Waals surface area contributed by atoms with Crippen LogP contribution in [0.4, 0.5) is 0 Å². The van der Waals surface area contributed by atoms with Crippen LogP contribution in [0.15, 0.2) is 29.2 Å². The number of sulfone groups is 1. The van der Waals surface area contributed by atoms with E-state index in [0.717, 1.165) is 25.6 Å². The molecular formula is C15H22N2O3S. The normalized spacial score (nSPS) is 19.2. The summed E-state index contributed by atoms with van der Waals surface area (Å²) in [6, 6.07) is 6.61. The first-order chi connectivity index (χ1) is 9.97. The maximum Gasteiger partial charge on any atom is 0.251 e. The van der Waals surface area contributed by atoms with Crippen molar-refractivity contribution in [1.29, 1.82) is 0 Å². The molecule has 0 saturated carbocycles. The van der Waals surface area contributed by atoms with E-state index in [1.807, 2.05) is 0 Å². The van der Waals surface area contributed by atoms with Crippen molar-refractivity contribution in [2.45, 2.75) is 36.6 Å². The standard InChI is InChI=1S/C15H22N2O3S/c1-21(19,20)14-7-4-5-12(11-14)15(18)17-10-8-13-6-2-3-9-16-13/h4-5,7,11,13,16H,2-3,6,8-10H2,1H3,(H,17,18). The smallest absolute Gasteiger partial charge is 0.251 e. The molecule has 1 aliphatic rings. The molecule has 1 aliphatic heterocycles. The number of hydrogen-bond donors (Lipinski definition) is 2. The van der Waals surface area contributed by atoms with Gasteiger partial charge in [0, 0.05) is 24.4 Å². The van der Waals surface area contributed by atoms with E-state index < -0.39 is 9.84 Å². The van der Waals surface area contributed by atoms with Gasteiger partial charge in [0.05, 0.1) is 4.90 Å². The van der Waals surface area contributed by atoms with Crippen molar-refractivity contribution in [2.75, 3.05) is 19.3 Å². The summed E-state index contributed by atoms with van der Waals surface area (Å²) in [6.07, 6.45) is 5.65. The molecule has 2 rings (SSSR count). The number of carbonyl (C=O) groups is 1. The average molecular weight is 310 g/mol. The Morgan fingerprint density at radius 1 is 1.38 bits per heavy atom. The van der Waals surface area contributed by atoms with Gasteiger partial charge in [-0.3, -0.25) is 4.79 Å². The van der Waals surface area contributed by atoms with Crippen LogP contribution >= 0.6 is 0 Å². The molecule has 1 aromatic carbocycles. The van der Waals surface area contributed by atoms with E-state index in [0.29, 0.717) is 18.2 Å². The first-order valence-corrected chi connectivity index (χ1v) is 9.17. The Morgan fingerprint density at radius 2 is 2.19 bits per heavy atom. The summed E-state index contributed by atoms with van der Waals surface area (Å²) in [7, 11) is -3.29.